The Balaban J connectivity index is 4.03. The fourth-order valence-corrected chi connectivity index (χ4v) is 3.49. The Hall–Kier alpha value is 0.207. The Kier molecular flexibility index (Phi) is 4.37. The molecule has 11 heavy (non-hydrogen) atoms. The fourth-order valence-electron chi connectivity index (χ4n) is 0.683. The van der Waals surface area contributed by atoms with E-state index in [0.717, 1.165) is 6.54 Å². The van der Waals surface area contributed by atoms with Crippen LogP contribution in [0.15, 0.2) is 11.8 Å². The topological polar surface area (TPSA) is 12.0 Å². The van der Waals surface area contributed by atoms with Crippen LogP contribution in [0.25, 0.3) is 0 Å². The number of nitrogens with one attached hydrogen (secondary N) is 1. The average molecular weight is 192 g/mol. The number of hydrogen-bond acceptors (Lipinski definition) is 1. The summed E-state index contributed by atoms with van der Waals surface area (Å²) in [7, 11) is -1.39. The van der Waals surface area contributed by atoms with Crippen molar-refractivity contribution in [2.75, 3.05) is 6.54 Å². The fraction of sp³-hybridized carbons (Fsp3) is 0.750. The van der Waals surface area contributed by atoms with Crippen LogP contribution in [-0.2, 0) is 0 Å². The van der Waals surface area contributed by atoms with Crippen molar-refractivity contribution >= 4 is 19.3 Å². The normalized spacial score (nSPS) is 14.6. The molecule has 0 aliphatic carbocycles. The molecule has 1 unspecified atom stereocenters. The van der Waals surface area contributed by atoms with E-state index in [1.54, 1.807) is 0 Å². The maximum Gasteiger partial charge on any atom is 0.238 e. The van der Waals surface area contributed by atoms with Gasteiger partial charge >= 0.3 is 0 Å². The van der Waals surface area contributed by atoms with E-state index in [0.29, 0.717) is 0 Å². The van der Waals surface area contributed by atoms with Gasteiger partial charge in [-0.15, -0.1) is 17.7 Å². The summed E-state index contributed by atoms with van der Waals surface area (Å²) in [6.45, 7) is 13.5. The number of halogens is 1. The SMILES string of the molecule is C=C([SiH](Cl)NCC)C(C)(C)C. The molecule has 0 radical (unpaired) electrons. The van der Waals surface area contributed by atoms with Crippen molar-refractivity contribution < 1.29 is 0 Å². The molecule has 0 aliphatic heterocycles. The highest BCUT2D eigenvalue weighted by molar-refractivity contribution is 7.09. The summed E-state index contributed by atoms with van der Waals surface area (Å²) in [6.07, 6.45) is 0. The van der Waals surface area contributed by atoms with Crippen LogP contribution in [0.5, 0.6) is 0 Å². The molecule has 3 heteroatoms. The first-order valence-electron chi connectivity index (χ1n) is 3.96. The summed E-state index contributed by atoms with van der Waals surface area (Å²) in [5, 5.41) is 1.18. The lowest BCUT2D eigenvalue weighted by Gasteiger charge is -2.24. The minimum Gasteiger partial charge on any atom is -0.325 e. The molecule has 1 nitrogen and oxygen atoms in total. The van der Waals surface area contributed by atoms with Crippen LogP contribution in [-0.4, -0.2) is 14.8 Å². The van der Waals surface area contributed by atoms with Crippen LogP contribution in [0, 0.1) is 5.41 Å². The molecule has 0 saturated heterocycles. The van der Waals surface area contributed by atoms with Crippen LogP contribution in [0.2, 0.25) is 0 Å². The van der Waals surface area contributed by atoms with Crippen molar-refractivity contribution in [3.05, 3.63) is 11.8 Å². The van der Waals surface area contributed by atoms with E-state index in [4.69, 9.17) is 11.1 Å². The van der Waals surface area contributed by atoms with Gasteiger partial charge in [0.1, 0.15) is 0 Å². The summed E-state index contributed by atoms with van der Waals surface area (Å²) in [5.74, 6) is 0. The summed E-state index contributed by atoms with van der Waals surface area (Å²) < 4.78 is 0. The largest absolute Gasteiger partial charge is 0.325 e. The van der Waals surface area contributed by atoms with Crippen LogP contribution in [0.1, 0.15) is 27.7 Å². The molecule has 1 N–H and O–H groups in total. The van der Waals surface area contributed by atoms with Crippen molar-refractivity contribution in [2.24, 2.45) is 5.41 Å². The lowest BCUT2D eigenvalue weighted by Crippen LogP contribution is -2.35. The van der Waals surface area contributed by atoms with Crippen molar-refractivity contribution in [3.63, 3.8) is 0 Å². The molecule has 0 bridgehead atoms. The third-order valence-corrected chi connectivity index (χ3v) is 5.15. The zero-order valence-electron chi connectivity index (χ0n) is 7.87. The van der Waals surface area contributed by atoms with Gasteiger partial charge in [-0.05, 0) is 12.0 Å². The molecule has 0 fully saturated rings. The quantitative estimate of drug-likeness (QED) is 0.533. The van der Waals surface area contributed by atoms with E-state index in [1.807, 2.05) is 0 Å². The molecule has 0 rings (SSSR count). The second-order valence-electron chi connectivity index (χ2n) is 3.70. The van der Waals surface area contributed by atoms with E-state index >= 15 is 0 Å². The predicted octanol–water partition coefficient (Wildman–Crippen LogP) is 2.20. The van der Waals surface area contributed by atoms with Gasteiger partial charge in [-0.3, -0.25) is 0 Å². The van der Waals surface area contributed by atoms with E-state index in [-0.39, 0.29) is 5.41 Å². The molecule has 66 valence electrons. The van der Waals surface area contributed by atoms with Crippen LogP contribution in [0.3, 0.4) is 0 Å². The molecule has 0 aliphatic rings. The molecule has 0 heterocycles. The molecule has 0 aromatic heterocycles. The highest BCUT2D eigenvalue weighted by Gasteiger charge is 2.22. The first-order chi connectivity index (χ1) is 4.89. The third kappa shape index (κ3) is 3.94. The number of rotatable bonds is 3. The maximum atomic E-state index is 6.14. The molecule has 1 atom stereocenters. The van der Waals surface area contributed by atoms with Crippen LogP contribution < -0.4 is 4.98 Å². The monoisotopic (exact) mass is 191 g/mol. The number of hydrogen-bond donors (Lipinski definition) is 1. The van der Waals surface area contributed by atoms with Gasteiger partial charge in [0, 0.05) is 0 Å². The van der Waals surface area contributed by atoms with Gasteiger partial charge in [-0.2, -0.15) is 0 Å². The Morgan fingerprint density at radius 2 is 2.00 bits per heavy atom. The minimum absolute atomic E-state index is 0.154. The number of allylic oxidation sites excluding steroid dienone is 1. The molecule has 0 aromatic rings. The lowest BCUT2D eigenvalue weighted by atomic mass is 9.97. The van der Waals surface area contributed by atoms with Gasteiger partial charge in [0.25, 0.3) is 0 Å². The first kappa shape index (κ1) is 11.2. The summed E-state index contributed by atoms with van der Waals surface area (Å²) >= 11 is 6.14. The van der Waals surface area contributed by atoms with Gasteiger partial charge in [0.2, 0.25) is 8.27 Å². The van der Waals surface area contributed by atoms with Gasteiger partial charge < -0.3 is 4.98 Å². The Morgan fingerprint density at radius 1 is 1.55 bits per heavy atom. The van der Waals surface area contributed by atoms with Crippen LogP contribution in [0.4, 0.5) is 0 Å². The first-order valence-corrected chi connectivity index (χ1v) is 6.86. The Labute approximate surface area is 76.2 Å². The summed E-state index contributed by atoms with van der Waals surface area (Å²) in [5.41, 5.74) is 0.154. The lowest BCUT2D eigenvalue weighted by molar-refractivity contribution is 0.528. The Morgan fingerprint density at radius 3 is 2.27 bits per heavy atom. The highest BCUT2D eigenvalue weighted by atomic mass is 35.6. The second-order valence-corrected chi connectivity index (χ2v) is 6.84. The summed E-state index contributed by atoms with van der Waals surface area (Å²) in [4.78, 5) is 3.26. The molecular weight excluding hydrogens is 174 g/mol. The van der Waals surface area contributed by atoms with Crippen molar-refractivity contribution in [3.8, 4) is 0 Å². The Bertz CT molecular complexity index is 140. The van der Waals surface area contributed by atoms with Crippen LogP contribution >= 0.6 is 11.1 Å². The smallest absolute Gasteiger partial charge is 0.238 e. The molecule has 0 amide bonds. The molecular formula is C8H18ClNSi. The van der Waals surface area contributed by atoms with Crippen molar-refractivity contribution in [2.45, 2.75) is 27.7 Å². The molecule has 0 aromatic carbocycles. The van der Waals surface area contributed by atoms with Gasteiger partial charge in [-0.1, -0.05) is 32.9 Å². The van der Waals surface area contributed by atoms with Gasteiger partial charge in [0.05, 0.1) is 0 Å². The zero-order chi connectivity index (χ0) is 9.07. The van der Waals surface area contributed by atoms with E-state index < -0.39 is 8.27 Å². The van der Waals surface area contributed by atoms with E-state index in [1.165, 1.54) is 5.20 Å². The molecule has 0 saturated carbocycles. The zero-order valence-corrected chi connectivity index (χ0v) is 9.78. The maximum absolute atomic E-state index is 6.14. The average Bonchev–Trinajstić information content (AvgIpc) is 1.85. The highest BCUT2D eigenvalue weighted by Crippen LogP contribution is 2.25. The van der Waals surface area contributed by atoms with E-state index in [2.05, 4.69) is 39.3 Å². The predicted molar refractivity (Wildman–Crippen MR) is 55.3 cm³/mol. The summed E-state index contributed by atoms with van der Waals surface area (Å²) in [6, 6.07) is 0. The standard InChI is InChI=1S/C8H18ClNSi/c1-6-10-11(9)7(2)8(3,4)5/h10-11H,2,6H2,1,3-5H3. The molecule has 0 spiro atoms. The van der Waals surface area contributed by atoms with Crippen molar-refractivity contribution in [1.29, 1.82) is 0 Å². The van der Waals surface area contributed by atoms with E-state index in [9.17, 15) is 0 Å². The minimum atomic E-state index is -1.39. The van der Waals surface area contributed by atoms with Gasteiger partial charge in [-0.25, -0.2) is 0 Å². The van der Waals surface area contributed by atoms with Gasteiger partial charge in [0.15, 0.2) is 0 Å². The third-order valence-electron chi connectivity index (χ3n) is 1.65. The van der Waals surface area contributed by atoms with Crippen molar-refractivity contribution in [1.82, 2.24) is 4.98 Å². The second kappa shape index (κ2) is 4.29.